The first-order chi connectivity index (χ1) is 11.1. The summed E-state index contributed by atoms with van der Waals surface area (Å²) < 4.78 is 5.25. The molecule has 128 valence electrons. The van der Waals surface area contributed by atoms with Gasteiger partial charge in [-0.15, -0.1) is 0 Å². The first-order valence-corrected chi connectivity index (χ1v) is 8.90. The Morgan fingerprint density at radius 3 is 2.91 bits per heavy atom. The van der Waals surface area contributed by atoms with Crippen molar-refractivity contribution < 1.29 is 9.32 Å². The molecular weight excluding hydrogens is 292 g/mol. The number of carbonyl (C=O) groups is 1. The van der Waals surface area contributed by atoms with E-state index in [0.29, 0.717) is 31.3 Å². The van der Waals surface area contributed by atoms with Crippen LogP contribution in [0.1, 0.15) is 62.6 Å². The molecule has 2 heterocycles. The molecule has 3 rings (SSSR count). The van der Waals surface area contributed by atoms with Crippen molar-refractivity contribution in [3.8, 4) is 0 Å². The molecule has 23 heavy (non-hydrogen) atoms. The quantitative estimate of drug-likeness (QED) is 0.771. The molecule has 1 aromatic heterocycles. The standard InChI is InChI=1S/C17H28N4O2/c1-20-11-4-3-5-14(20)8-9-16(22)21(2)12-10-15-18-17(23-19-15)13-6-7-13/h13-14H,3-12H2,1-2H3. The van der Waals surface area contributed by atoms with Crippen molar-refractivity contribution in [3.05, 3.63) is 11.7 Å². The molecule has 1 unspecified atom stereocenters. The van der Waals surface area contributed by atoms with Crippen LogP contribution in [0.3, 0.4) is 0 Å². The highest BCUT2D eigenvalue weighted by Crippen LogP contribution is 2.38. The summed E-state index contributed by atoms with van der Waals surface area (Å²) in [6, 6.07) is 0.569. The number of carbonyl (C=O) groups excluding carboxylic acids is 1. The molecule has 2 fully saturated rings. The fourth-order valence-electron chi connectivity index (χ4n) is 3.25. The highest BCUT2D eigenvalue weighted by molar-refractivity contribution is 5.75. The third kappa shape index (κ3) is 4.53. The normalized spacial score (nSPS) is 22.3. The van der Waals surface area contributed by atoms with Crippen molar-refractivity contribution in [1.82, 2.24) is 19.9 Å². The molecule has 1 amide bonds. The minimum atomic E-state index is 0.217. The number of rotatable bonds is 7. The van der Waals surface area contributed by atoms with E-state index in [2.05, 4.69) is 22.1 Å². The lowest BCUT2D eigenvalue weighted by atomic mass is 9.98. The maximum Gasteiger partial charge on any atom is 0.229 e. The number of hydrogen-bond acceptors (Lipinski definition) is 5. The van der Waals surface area contributed by atoms with E-state index < -0.39 is 0 Å². The Morgan fingerprint density at radius 2 is 2.17 bits per heavy atom. The number of piperidine rings is 1. The number of aromatic nitrogens is 2. The molecule has 1 aliphatic carbocycles. The number of amides is 1. The number of hydrogen-bond donors (Lipinski definition) is 0. The molecule has 0 N–H and O–H groups in total. The lowest BCUT2D eigenvalue weighted by molar-refractivity contribution is -0.130. The largest absolute Gasteiger partial charge is 0.345 e. The molecule has 0 bridgehead atoms. The van der Waals surface area contributed by atoms with Crippen LogP contribution in [0.2, 0.25) is 0 Å². The molecule has 0 radical (unpaired) electrons. The molecule has 0 aromatic carbocycles. The predicted octanol–water partition coefficient (Wildman–Crippen LogP) is 2.21. The van der Waals surface area contributed by atoms with E-state index in [4.69, 9.17) is 4.52 Å². The van der Waals surface area contributed by atoms with Crippen molar-refractivity contribution in [2.24, 2.45) is 0 Å². The summed E-state index contributed by atoms with van der Waals surface area (Å²) in [7, 11) is 4.04. The van der Waals surface area contributed by atoms with Crippen LogP contribution in [0.15, 0.2) is 4.52 Å². The Labute approximate surface area is 138 Å². The molecule has 0 spiro atoms. The highest BCUT2D eigenvalue weighted by atomic mass is 16.5. The lowest BCUT2D eigenvalue weighted by Crippen LogP contribution is -2.37. The molecule has 2 aliphatic rings. The Morgan fingerprint density at radius 1 is 1.35 bits per heavy atom. The van der Waals surface area contributed by atoms with Crippen LogP contribution < -0.4 is 0 Å². The van der Waals surface area contributed by atoms with Crippen molar-refractivity contribution >= 4 is 5.91 Å². The minimum Gasteiger partial charge on any atom is -0.345 e. The summed E-state index contributed by atoms with van der Waals surface area (Å²) in [5.74, 6) is 2.20. The van der Waals surface area contributed by atoms with Gasteiger partial charge >= 0.3 is 0 Å². The first kappa shape index (κ1) is 16.4. The lowest BCUT2D eigenvalue weighted by Gasteiger charge is -2.32. The molecule has 1 saturated carbocycles. The van der Waals surface area contributed by atoms with Gasteiger partial charge in [0.2, 0.25) is 11.8 Å². The average Bonchev–Trinajstić information content (AvgIpc) is 3.30. The van der Waals surface area contributed by atoms with Gasteiger partial charge in [-0.05, 0) is 45.7 Å². The maximum absolute atomic E-state index is 12.3. The summed E-state index contributed by atoms with van der Waals surface area (Å²) in [5.41, 5.74) is 0. The van der Waals surface area contributed by atoms with E-state index in [1.54, 1.807) is 4.90 Å². The van der Waals surface area contributed by atoms with Crippen LogP contribution >= 0.6 is 0 Å². The van der Waals surface area contributed by atoms with Gasteiger partial charge in [0.1, 0.15) is 0 Å². The van der Waals surface area contributed by atoms with Crippen LogP contribution in [0.5, 0.6) is 0 Å². The van der Waals surface area contributed by atoms with Crippen LogP contribution in [0.25, 0.3) is 0 Å². The van der Waals surface area contributed by atoms with Gasteiger partial charge in [-0.3, -0.25) is 4.79 Å². The van der Waals surface area contributed by atoms with E-state index in [-0.39, 0.29) is 5.91 Å². The van der Waals surface area contributed by atoms with Gasteiger partial charge in [0.25, 0.3) is 0 Å². The number of likely N-dealkylation sites (tertiary alicyclic amines) is 1. The van der Waals surface area contributed by atoms with Gasteiger partial charge in [-0.25, -0.2) is 0 Å². The second-order valence-corrected chi connectivity index (χ2v) is 7.06. The molecular formula is C17H28N4O2. The Balaban J connectivity index is 1.38. The van der Waals surface area contributed by atoms with E-state index in [0.717, 1.165) is 37.5 Å². The van der Waals surface area contributed by atoms with E-state index in [9.17, 15) is 4.79 Å². The predicted molar refractivity (Wildman–Crippen MR) is 87.1 cm³/mol. The first-order valence-electron chi connectivity index (χ1n) is 8.90. The summed E-state index contributed by atoms with van der Waals surface area (Å²) in [6.07, 6.45) is 8.39. The minimum absolute atomic E-state index is 0.217. The van der Waals surface area contributed by atoms with E-state index in [1.165, 1.54) is 19.3 Å². The third-order valence-corrected chi connectivity index (χ3v) is 5.12. The summed E-state index contributed by atoms with van der Waals surface area (Å²) in [6.45, 7) is 1.82. The average molecular weight is 320 g/mol. The maximum atomic E-state index is 12.3. The number of nitrogens with zero attached hydrogens (tertiary/aromatic N) is 4. The Kier molecular flexibility index (Phi) is 5.30. The number of likely N-dealkylation sites (N-methyl/N-ethyl adjacent to an activating group) is 1. The Hall–Kier alpha value is -1.43. The van der Waals surface area contributed by atoms with Crippen LogP contribution in [0.4, 0.5) is 0 Å². The van der Waals surface area contributed by atoms with Gasteiger partial charge in [0.05, 0.1) is 0 Å². The fraction of sp³-hybridized carbons (Fsp3) is 0.824. The summed E-state index contributed by atoms with van der Waals surface area (Å²) in [4.78, 5) is 20.9. The summed E-state index contributed by atoms with van der Waals surface area (Å²) in [5, 5.41) is 4.01. The van der Waals surface area contributed by atoms with E-state index in [1.807, 2.05) is 7.05 Å². The van der Waals surface area contributed by atoms with E-state index >= 15 is 0 Å². The topological polar surface area (TPSA) is 62.5 Å². The molecule has 6 heteroatoms. The van der Waals surface area contributed by atoms with Crippen molar-refractivity contribution in [1.29, 1.82) is 0 Å². The summed E-state index contributed by atoms with van der Waals surface area (Å²) >= 11 is 0. The highest BCUT2D eigenvalue weighted by Gasteiger charge is 2.29. The SMILES string of the molecule is CN(CCc1noc(C2CC2)n1)C(=O)CCC1CCCCN1C. The second-order valence-electron chi connectivity index (χ2n) is 7.06. The van der Waals surface area contributed by atoms with Gasteiger partial charge in [-0.2, -0.15) is 4.98 Å². The van der Waals surface area contributed by atoms with Crippen molar-refractivity contribution in [2.45, 2.75) is 63.3 Å². The van der Waals surface area contributed by atoms with Gasteiger partial charge in [0, 0.05) is 38.4 Å². The monoisotopic (exact) mass is 320 g/mol. The molecule has 1 atom stereocenters. The molecule has 6 nitrogen and oxygen atoms in total. The fourth-order valence-corrected chi connectivity index (χ4v) is 3.25. The molecule has 1 aromatic rings. The van der Waals surface area contributed by atoms with Gasteiger partial charge < -0.3 is 14.3 Å². The van der Waals surface area contributed by atoms with Crippen LogP contribution in [-0.2, 0) is 11.2 Å². The van der Waals surface area contributed by atoms with Gasteiger partial charge in [-0.1, -0.05) is 11.6 Å². The third-order valence-electron chi connectivity index (χ3n) is 5.12. The molecule has 1 aliphatic heterocycles. The van der Waals surface area contributed by atoms with Crippen molar-refractivity contribution in [2.75, 3.05) is 27.2 Å². The van der Waals surface area contributed by atoms with Gasteiger partial charge in [0.15, 0.2) is 5.82 Å². The zero-order valence-corrected chi connectivity index (χ0v) is 14.3. The van der Waals surface area contributed by atoms with Crippen molar-refractivity contribution in [3.63, 3.8) is 0 Å². The zero-order valence-electron chi connectivity index (χ0n) is 14.3. The zero-order chi connectivity index (χ0) is 16.2. The van der Waals surface area contributed by atoms with Crippen LogP contribution in [0, 0.1) is 0 Å². The Bertz CT molecular complexity index is 526. The molecule has 1 saturated heterocycles. The smallest absolute Gasteiger partial charge is 0.229 e. The van der Waals surface area contributed by atoms with Crippen LogP contribution in [-0.4, -0.2) is 59.1 Å². The second kappa shape index (κ2) is 7.43.